The van der Waals surface area contributed by atoms with Gasteiger partial charge in [0, 0.05) is 11.3 Å². The van der Waals surface area contributed by atoms with Crippen LogP contribution in [0.25, 0.3) is 0 Å². The van der Waals surface area contributed by atoms with Crippen molar-refractivity contribution >= 4 is 11.6 Å². The number of nitrogens with zero attached hydrogens (tertiary/aromatic N) is 1. The summed E-state index contributed by atoms with van der Waals surface area (Å²) >= 11 is 0. The largest absolute Gasteiger partial charge is 0.271 e. The van der Waals surface area contributed by atoms with Crippen molar-refractivity contribution in [2.75, 3.05) is 0 Å². The minimum atomic E-state index is -0.153. The first kappa shape index (κ1) is 12.4. The summed E-state index contributed by atoms with van der Waals surface area (Å²) in [5, 5.41) is 4.08. The summed E-state index contributed by atoms with van der Waals surface area (Å²) in [5.74, 6) is -0.153. The Labute approximate surface area is 96.6 Å². The molecule has 0 heterocycles. The maximum Gasteiger partial charge on any atom is 0.271 e. The van der Waals surface area contributed by atoms with Gasteiger partial charge in [-0.25, -0.2) is 5.43 Å². The van der Waals surface area contributed by atoms with Crippen molar-refractivity contribution < 1.29 is 4.79 Å². The van der Waals surface area contributed by atoms with Gasteiger partial charge in [-0.2, -0.15) is 5.10 Å². The Balaban J connectivity index is 2.66. The first-order valence-electron chi connectivity index (χ1n) is 5.59. The van der Waals surface area contributed by atoms with Gasteiger partial charge in [0.2, 0.25) is 0 Å². The van der Waals surface area contributed by atoms with E-state index in [0.717, 1.165) is 24.1 Å². The van der Waals surface area contributed by atoms with Crippen LogP contribution in [0.3, 0.4) is 0 Å². The van der Waals surface area contributed by atoms with Gasteiger partial charge >= 0.3 is 0 Å². The fourth-order valence-corrected chi connectivity index (χ4v) is 1.31. The number of hydrogen-bond acceptors (Lipinski definition) is 2. The average molecular weight is 218 g/mol. The fourth-order valence-electron chi connectivity index (χ4n) is 1.31. The zero-order valence-corrected chi connectivity index (χ0v) is 10.1. The number of benzene rings is 1. The molecule has 0 aliphatic heterocycles. The second-order valence-electron chi connectivity index (χ2n) is 3.69. The Hall–Kier alpha value is -1.64. The molecule has 3 heteroatoms. The van der Waals surface area contributed by atoms with Crippen LogP contribution >= 0.6 is 0 Å². The Morgan fingerprint density at radius 1 is 1.19 bits per heavy atom. The van der Waals surface area contributed by atoms with Crippen LogP contribution in [0.1, 0.15) is 42.6 Å². The van der Waals surface area contributed by atoms with E-state index in [1.807, 2.05) is 32.9 Å². The Kier molecular flexibility index (Phi) is 4.70. The third-order valence-electron chi connectivity index (χ3n) is 2.45. The number of hydrazone groups is 1. The highest BCUT2D eigenvalue weighted by molar-refractivity contribution is 5.95. The summed E-state index contributed by atoms with van der Waals surface area (Å²) in [6.45, 7) is 6.05. The molecule has 1 amide bonds. The molecule has 0 radical (unpaired) electrons. The number of hydrogen-bond donors (Lipinski definition) is 1. The predicted octanol–water partition coefficient (Wildman–Crippen LogP) is 2.90. The molecule has 0 unspecified atom stereocenters. The summed E-state index contributed by atoms with van der Waals surface area (Å²) in [7, 11) is 0. The molecule has 0 saturated heterocycles. The van der Waals surface area contributed by atoms with Crippen molar-refractivity contribution in [3.8, 4) is 0 Å². The van der Waals surface area contributed by atoms with Gasteiger partial charge in [-0.05, 0) is 31.9 Å². The van der Waals surface area contributed by atoms with Crippen molar-refractivity contribution in [2.45, 2.75) is 33.6 Å². The van der Waals surface area contributed by atoms with Crippen LogP contribution in [0.15, 0.2) is 29.4 Å². The van der Waals surface area contributed by atoms with Crippen LogP contribution in [-0.2, 0) is 0 Å². The maximum atomic E-state index is 11.7. The highest BCUT2D eigenvalue weighted by atomic mass is 16.2. The van der Waals surface area contributed by atoms with E-state index in [-0.39, 0.29) is 5.91 Å². The molecule has 0 aliphatic rings. The van der Waals surface area contributed by atoms with Gasteiger partial charge in [0.05, 0.1) is 0 Å². The highest BCUT2D eigenvalue weighted by Crippen LogP contribution is 2.02. The average Bonchev–Trinajstić information content (AvgIpc) is 2.31. The SMILES string of the molecule is CCC(CC)=NNC(=O)c1ccc(C)cc1. The van der Waals surface area contributed by atoms with Gasteiger partial charge in [0.25, 0.3) is 5.91 Å². The van der Waals surface area contributed by atoms with Gasteiger partial charge in [-0.15, -0.1) is 0 Å². The van der Waals surface area contributed by atoms with Gasteiger partial charge < -0.3 is 0 Å². The van der Waals surface area contributed by atoms with E-state index >= 15 is 0 Å². The van der Waals surface area contributed by atoms with Crippen LogP contribution in [-0.4, -0.2) is 11.6 Å². The van der Waals surface area contributed by atoms with E-state index in [2.05, 4.69) is 10.5 Å². The summed E-state index contributed by atoms with van der Waals surface area (Å²) < 4.78 is 0. The maximum absolute atomic E-state index is 11.7. The number of carbonyl (C=O) groups is 1. The molecule has 3 nitrogen and oxygen atoms in total. The standard InChI is InChI=1S/C13H18N2O/c1-4-12(5-2)14-15-13(16)11-8-6-10(3)7-9-11/h6-9H,4-5H2,1-3H3,(H,15,16). The van der Waals surface area contributed by atoms with Crippen molar-refractivity contribution in [1.29, 1.82) is 0 Å². The smallest absolute Gasteiger partial charge is 0.267 e. The summed E-state index contributed by atoms with van der Waals surface area (Å²) in [4.78, 5) is 11.7. The van der Waals surface area contributed by atoms with E-state index in [9.17, 15) is 4.79 Å². The minimum Gasteiger partial charge on any atom is -0.267 e. The number of aryl methyl sites for hydroxylation is 1. The lowest BCUT2D eigenvalue weighted by molar-refractivity contribution is 0.0954. The topological polar surface area (TPSA) is 41.5 Å². The van der Waals surface area contributed by atoms with Crippen LogP contribution in [0, 0.1) is 6.92 Å². The molecule has 0 saturated carbocycles. The molecule has 0 fully saturated rings. The van der Waals surface area contributed by atoms with Crippen molar-refractivity contribution in [3.63, 3.8) is 0 Å². The van der Waals surface area contributed by atoms with E-state index < -0.39 is 0 Å². The van der Waals surface area contributed by atoms with Gasteiger partial charge in [0.15, 0.2) is 0 Å². The number of rotatable bonds is 4. The summed E-state index contributed by atoms with van der Waals surface area (Å²) in [6.07, 6.45) is 1.73. The summed E-state index contributed by atoms with van der Waals surface area (Å²) in [5.41, 5.74) is 5.35. The van der Waals surface area contributed by atoms with Crippen molar-refractivity contribution in [1.82, 2.24) is 5.43 Å². The Bertz CT molecular complexity index is 373. The number of amides is 1. The second kappa shape index (κ2) is 6.05. The first-order chi connectivity index (χ1) is 7.67. The minimum absolute atomic E-state index is 0.153. The first-order valence-corrected chi connectivity index (χ1v) is 5.59. The molecule has 0 spiro atoms. The summed E-state index contributed by atoms with van der Waals surface area (Å²) in [6, 6.07) is 7.44. The van der Waals surface area contributed by atoms with Crippen LogP contribution in [0.2, 0.25) is 0 Å². The predicted molar refractivity (Wildman–Crippen MR) is 66.7 cm³/mol. The van der Waals surface area contributed by atoms with Crippen LogP contribution < -0.4 is 5.43 Å². The quantitative estimate of drug-likeness (QED) is 0.612. The normalized spacial score (nSPS) is 9.69. The van der Waals surface area contributed by atoms with Gasteiger partial charge in [-0.1, -0.05) is 31.5 Å². The lowest BCUT2D eigenvalue weighted by atomic mass is 10.1. The van der Waals surface area contributed by atoms with Gasteiger partial charge in [0.1, 0.15) is 0 Å². The Morgan fingerprint density at radius 3 is 2.25 bits per heavy atom. The molecule has 16 heavy (non-hydrogen) atoms. The lowest BCUT2D eigenvalue weighted by Gasteiger charge is -2.02. The van der Waals surface area contributed by atoms with Gasteiger partial charge in [-0.3, -0.25) is 4.79 Å². The van der Waals surface area contributed by atoms with E-state index in [1.165, 1.54) is 0 Å². The molecular formula is C13H18N2O. The molecule has 0 aromatic heterocycles. The van der Waals surface area contributed by atoms with Crippen LogP contribution in [0.4, 0.5) is 0 Å². The fraction of sp³-hybridized carbons (Fsp3) is 0.385. The van der Waals surface area contributed by atoms with E-state index in [0.29, 0.717) is 5.56 Å². The molecule has 86 valence electrons. The highest BCUT2D eigenvalue weighted by Gasteiger charge is 2.03. The van der Waals surface area contributed by atoms with Crippen LogP contribution in [0.5, 0.6) is 0 Å². The third kappa shape index (κ3) is 3.50. The van der Waals surface area contributed by atoms with E-state index in [4.69, 9.17) is 0 Å². The monoisotopic (exact) mass is 218 g/mol. The molecule has 1 aromatic rings. The second-order valence-corrected chi connectivity index (χ2v) is 3.69. The Morgan fingerprint density at radius 2 is 1.75 bits per heavy atom. The third-order valence-corrected chi connectivity index (χ3v) is 2.45. The van der Waals surface area contributed by atoms with Crippen molar-refractivity contribution in [3.05, 3.63) is 35.4 Å². The molecule has 0 bridgehead atoms. The molecule has 0 aliphatic carbocycles. The zero-order valence-electron chi connectivity index (χ0n) is 10.1. The lowest BCUT2D eigenvalue weighted by Crippen LogP contribution is -2.19. The van der Waals surface area contributed by atoms with Crippen molar-refractivity contribution in [2.24, 2.45) is 5.10 Å². The van der Waals surface area contributed by atoms with E-state index in [1.54, 1.807) is 12.1 Å². The number of nitrogens with one attached hydrogen (secondary N) is 1. The molecule has 0 atom stereocenters. The molecule has 1 rings (SSSR count). The number of carbonyl (C=O) groups excluding carboxylic acids is 1. The molecule has 1 aromatic carbocycles. The molecule has 1 N–H and O–H groups in total. The molecular weight excluding hydrogens is 200 g/mol. The zero-order chi connectivity index (χ0) is 12.0.